The maximum atomic E-state index is 13.8. The molecule has 0 bridgehead atoms. The number of hydrogen-bond donors (Lipinski definition) is 0. The number of rotatable bonds is 6. The molecule has 7 nitrogen and oxygen atoms in total. The minimum absolute atomic E-state index is 0.00405. The minimum atomic E-state index is -4.40. The van der Waals surface area contributed by atoms with Crippen LogP contribution in [0, 0.1) is 0 Å². The normalized spacial score (nSPS) is 14.7. The fraction of sp³-hybridized carbons (Fsp3) is 0.208. The smallest absolute Gasteiger partial charge is 0.248 e. The van der Waals surface area contributed by atoms with Crippen molar-refractivity contribution in [3.63, 3.8) is 0 Å². The van der Waals surface area contributed by atoms with Crippen LogP contribution in [-0.2, 0) is 12.0 Å². The minimum Gasteiger partial charge on any atom is -0.248 e. The van der Waals surface area contributed by atoms with Crippen molar-refractivity contribution in [2.45, 2.75) is 31.0 Å². The topological polar surface area (TPSA) is 74.3 Å². The summed E-state index contributed by atoms with van der Waals surface area (Å²) in [6, 6.07) is 12.6. The van der Waals surface area contributed by atoms with Crippen LogP contribution in [-0.4, -0.2) is 40.9 Å². The van der Waals surface area contributed by atoms with Gasteiger partial charge >= 0.3 is 6.18 Å². The van der Waals surface area contributed by atoms with Gasteiger partial charge in [0, 0.05) is 20.6 Å². The zero-order valence-electron chi connectivity index (χ0n) is 19.1. The maximum absolute atomic E-state index is 13.8. The van der Waals surface area contributed by atoms with E-state index in [1.165, 1.54) is 6.33 Å². The molecule has 0 unspecified atom stereocenters. The van der Waals surface area contributed by atoms with E-state index in [1.807, 2.05) is 24.3 Å². The molecule has 1 fully saturated rings. The Labute approximate surface area is 236 Å². The summed E-state index contributed by atoms with van der Waals surface area (Å²) in [6.45, 7) is 0.227. The van der Waals surface area contributed by atoms with Crippen LogP contribution in [0.4, 0.5) is 13.2 Å². The summed E-state index contributed by atoms with van der Waals surface area (Å²) in [5.41, 5.74) is 1.12. The summed E-state index contributed by atoms with van der Waals surface area (Å²) in [5.74, 6) is 0. The van der Waals surface area contributed by atoms with Crippen LogP contribution in [0.2, 0.25) is 10.0 Å². The second-order valence-electron chi connectivity index (χ2n) is 8.78. The van der Waals surface area contributed by atoms with Crippen LogP contribution in [0.5, 0.6) is 0 Å². The molecule has 1 saturated carbocycles. The van der Waals surface area contributed by atoms with Gasteiger partial charge in [0.1, 0.15) is 28.8 Å². The standard InChI is InChI=1S/C24H15BrCl2F3N7S/c25-14-3-1-13(2-4-14)20-16(10-36-12-31-11-32-36)19(35-37(20)18-6-5-15(26)9-17(18)27)21-33-34-22(38-21)23(7-8-23)24(28,29)30/h1-6,9,11-12H,7-8,10H2. The highest BCUT2D eigenvalue weighted by molar-refractivity contribution is 9.10. The van der Waals surface area contributed by atoms with Gasteiger partial charge in [0.15, 0.2) is 5.01 Å². The van der Waals surface area contributed by atoms with Crippen LogP contribution in [0.25, 0.3) is 27.6 Å². The molecule has 194 valence electrons. The van der Waals surface area contributed by atoms with Crippen molar-refractivity contribution in [1.29, 1.82) is 0 Å². The number of alkyl halides is 3. The van der Waals surface area contributed by atoms with Crippen LogP contribution in [0.3, 0.4) is 0 Å². The fourth-order valence-corrected chi connectivity index (χ4v) is 6.11. The molecule has 0 atom stereocenters. The Kier molecular flexibility index (Phi) is 6.33. The summed E-state index contributed by atoms with van der Waals surface area (Å²) in [7, 11) is 0. The Balaban J connectivity index is 1.59. The average Bonchev–Trinajstić information content (AvgIpc) is 3.19. The van der Waals surface area contributed by atoms with Gasteiger partial charge in [-0.3, -0.25) is 0 Å². The van der Waals surface area contributed by atoms with Gasteiger partial charge in [-0.1, -0.05) is 62.6 Å². The van der Waals surface area contributed by atoms with Crippen molar-refractivity contribution in [2.24, 2.45) is 0 Å². The van der Waals surface area contributed by atoms with Crippen molar-refractivity contribution < 1.29 is 13.2 Å². The third kappa shape index (κ3) is 4.42. The highest BCUT2D eigenvalue weighted by Crippen LogP contribution is 2.59. The number of aromatic nitrogens is 7. The van der Waals surface area contributed by atoms with Gasteiger partial charge in [-0.2, -0.15) is 23.4 Å². The van der Waals surface area contributed by atoms with Gasteiger partial charge in [-0.15, -0.1) is 10.2 Å². The van der Waals surface area contributed by atoms with Crippen molar-refractivity contribution in [1.82, 2.24) is 34.7 Å². The molecule has 0 amide bonds. The van der Waals surface area contributed by atoms with E-state index in [1.54, 1.807) is 33.9 Å². The first-order valence-electron chi connectivity index (χ1n) is 11.2. The third-order valence-electron chi connectivity index (χ3n) is 6.36. The lowest BCUT2D eigenvalue weighted by Gasteiger charge is -2.15. The first-order valence-corrected chi connectivity index (χ1v) is 13.6. The van der Waals surface area contributed by atoms with Gasteiger partial charge in [0.05, 0.1) is 22.9 Å². The molecule has 14 heteroatoms. The second-order valence-corrected chi connectivity index (χ2v) is 11.5. The zero-order chi connectivity index (χ0) is 26.7. The molecule has 38 heavy (non-hydrogen) atoms. The lowest BCUT2D eigenvalue weighted by molar-refractivity contribution is -0.160. The molecular formula is C24H15BrCl2F3N7S. The van der Waals surface area contributed by atoms with Gasteiger partial charge in [0.25, 0.3) is 0 Å². The Morgan fingerprint density at radius 1 is 1.05 bits per heavy atom. The first-order chi connectivity index (χ1) is 18.2. The molecule has 0 radical (unpaired) electrons. The van der Waals surface area contributed by atoms with Crippen molar-refractivity contribution >= 4 is 50.5 Å². The summed E-state index contributed by atoms with van der Waals surface area (Å²) in [6.07, 6.45) is -1.45. The molecular weight excluding hydrogens is 626 g/mol. The Bertz CT molecular complexity index is 1630. The summed E-state index contributed by atoms with van der Waals surface area (Å²) in [5, 5.41) is 18.2. The number of benzene rings is 2. The van der Waals surface area contributed by atoms with E-state index < -0.39 is 11.6 Å². The maximum Gasteiger partial charge on any atom is 0.400 e. The van der Waals surface area contributed by atoms with Gasteiger partial charge in [0.2, 0.25) is 0 Å². The summed E-state index contributed by atoms with van der Waals surface area (Å²) in [4.78, 5) is 4.03. The lowest BCUT2D eigenvalue weighted by atomic mass is 10.1. The Morgan fingerprint density at radius 2 is 1.82 bits per heavy atom. The van der Waals surface area contributed by atoms with Gasteiger partial charge in [-0.05, 0) is 43.2 Å². The lowest BCUT2D eigenvalue weighted by Crippen LogP contribution is -2.28. The fourth-order valence-electron chi connectivity index (χ4n) is 4.24. The quantitative estimate of drug-likeness (QED) is 0.194. The van der Waals surface area contributed by atoms with Crippen LogP contribution < -0.4 is 0 Å². The molecule has 3 aromatic heterocycles. The van der Waals surface area contributed by atoms with Crippen molar-refractivity contribution in [3.8, 4) is 27.6 Å². The molecule has 6 rings (SSSR count). The molecule has 1 aliphatic rings. The van der Waals surface area contributed by atoms with Crippen LogP contribution >= 0.6 is 50.5 Å². The van der Waals surface area contributed by atoms with Gasteiger partial charge in [-0.25, -0.2) is 14.3 Å². The molecule has 0 aliphatic heterocycles. The van der Waals surface area contributed by atoms with Gasteiger partial charge < -0.3 is 0 Å². The van der Waals surface area contributed by atoms with Crippen LogP contribution in [0.1, 0.15) is 23.4 Å². The van der Waals surface area contributed by atoms with E-state index in [2.05, 4.69) is 36.2 Å². The monoisotopic (exact) mass is 639 g/mol. The summed E-state index contributed by atoms with van der Waals surface area (Å²) < 4.78 is 45.6. The molecule has 0 saturated heterocycles. The Morgan fingerprint density at radius 3 is 2.45 bits per heavy atom. The number of nitrogens with zero attached hydrogens (tertiary/aromatic N) is 7. The van der Waals surface area contributed by atoms with Crippen molar-refractivity contribution in [2.75, 3.05) is 0 Å². The summed E-state index contributed by atoms with van der Waals surface area (Å²) >= 11 is 17.1. The third-order valence-corrected chi connectivity index (χ3v) is 8.56. The molecule has 0 spiro atoms. The molecule has 2 aromatic carbocycles. The van der Waals surface area contributed by atoms with E-state index in [0.717, 1.165) is 21.4 Å². The highest BCUT2D eigenvalue weighted by Gasteiger charge is 2.66. The average molecular weight is 641 g/mol. The van der Waals surface area contributed by atoms with E-state index in [-0.39, 0.29) is 29.4 Å². The highest BCUT2D eigenvalue weighted by atomic mass is 79.9. The molecule has 0 N–H and O–H groups in total. The largest absolute Gasteiger partial charge is 0.400 e. The number of halogens is 6. The van der Waals surface area contributed by atoms with Crippen LogP contribution in [0.15, 0.2) is 59.6 Å². The predicted octanol–water partition coefficient (Wildman–Crippen LogP) is 7.36. The van der Waals surface area contributed by atoms with E-state index in [4.69, 9.17) is 28.3 Å². The molecule has 3 heterocycles. The van der Waals surface area contributed by atoms with E-state index in [9.17, 15) is 13.2 Å². The van der Waals surface area contributed by atoms with Crippen molar-refractivity contribution in [3.05, 3.63) is 80.2 Å². The first kappa shape index (κ1) is 25.5. The molecule has 5 aromatic rings. The second kappa shape index (κ2) is 9.44. The number of hydrogen-bond acceptors (Lipinski definition) is 6. The predicted molar refractivity (Wildman–Crippen MR) is 142 cm³/mol. The van der Waals surface area contributed by atoms with E-state index >= 15 is 0 Å². The zero-order valence-corrected chi connectivity index (χ0v) is 23.0. The SMILES string of the molecule is FC(F)(F)C1(c2nnc(-c3nn(-c4ccc(Cl)cc4Cl)c(-c4ccc(Br)cc4)c3Cn3cncn3)s2)CC1. The Hall–Kier alpha value is -2.80. The van der Waals surface area contributed by atoms with E-state index in [0.29, 0.717) is 32.7 Å². The molecule has 1 aliphatic carbocycles.